The lowest BCUT2D eigenvalue weighted by atomic mass is 9.87. The van der Waals surface area contributed by atoms with Crippen molar-refractivity contribution in [2.75, 3.05) is 65.3 Å². The molecule has 2 aromatic carbocycles. The van der Waals surface area contributed by atoms with Crippen molar-refractivity contribution < 1.29 is 51.5 Å². The van der Waals surface area contributed by atoms with Gasteiger partial charge in [0.25, 0.3) is 11.8 Å². The monoisotopic (exact) mass is 1160 g/mol. The number of halogens is 3. The summed E-state index contributed by atoms with van der Waals surface area (Å²) in [5.41, 5.74) is 3.63. The fourth-order valence-corrected chi connectivity index (χ4v) is 12.4. The molecule has 6 amide bonds. The molecule has 4 N–H and O–H groups in total. The van der Waals surface area contributed by atoms with Gasteiger partial charge in [-0.1, -0.05) is 44.7 Å². The van der Waals surface area contributed by atoms with Crippen LogP contribution in [0, 0.1) is 17.2 Å². The molecule has 1 saturated carbocycles. The molecule has 0 unspecified atom stereocenters. The van der Waals surface area contributed by atoms with Crippen molar-refractivity contribution in [3.63, 3.8) is 0 Å². The van der Waals surface area contributed by atoms with Crippen molar-refractivity contribution in [2.24, 2.45) is 18.4 Å². The molecular formula is C59H73F3N14O8. The third-order valence-electron chi connectivity index (χ3n) is 17.7. The zero-order chi connectivity index (χ0) is 59.5. The molecule has 4 aromatic heterocycles. The molecule has 0 spiro atoms. The number of hydrogen-bond acceptors (Lipinski definition) is 12. The number of anilines is 1. The highest BCUT2D eigenvalue weighted by atomic mass is 19.3. The quantitative estimate of drug-likeness (QED) is 0.0412. The second-order valence-corrected chi connectivity index (χ2v) is 23.2. The van der Waals surface area contributed by atoms with E-state index in [0.717, 1.165) is 56.9 Å². The second-order valence-electron chi connectivity index (χ2n) is 23.2. The first-order valence-corrected chi connectivity index (χ1v) is 29.1. The second kappa shape index (κ2) is 25.0. The molecule has 2 saturated heterocycles. The molecule has 6 aromatic rings. The predicted octanol–water partition coefficient (Wildman–Crippen LogP) is 6.22. The Morgan fingerprint density at radius 2 is 1.55 bits per heavy atom. The van der Waals surface area contributed by atoms with E-state index in [2.05, 4.69) is 41.1 Å². The molecule has 84 heavy (non-hydrogen) atoms. The number of carbonyl (C=O) groups excluding carboxylic acids is 7. The van der Waals surface area contributed by atoms with Crippen LogP contribution in [0.1, 0.15) is 130 Å². The van der Waals surface area contributed by atoms with Gasteiger partial charge in [0.05, 0.1) is 54.5 Å². The van der Waals surface area contributed by atoms with Crippen LogP contribution >= 0.6 is 0 Å². The van der Waals surface area contributed by atoms with Gasteiger partial charge in [-0.05, 0) is 68.7 Å². The lowest BCUT2D eigenvalue weighted by Gasteiger charge is -2.32. The number of rotatable bonds is 23. The molecule has 25 heteroatoms. The van der Waals surface area contributed by atoms with Gasteiger partial charge < -0.3 is 35.4 Å². The van der Waals surface area contributed by atoms with E-state index >= 15 is 4.39 Å². The number of H-pyrrole nitrogens is 1. The molecule has 3 fully saturated rings. The van der Waals surface area contributed by atoms with Gasteiger partial charge in [-0.2, -0.15) is 20.4 Å². The van der Waals surface area contributed by atoms with Gasteiger partial charge in [-0.15, -0.1) is 0 Å². The molecular weight excluding hydrogens is 1090 g/mol. The van der Waals surface area contributed by atoms with Crippen LogP contribution in [0.5, 0.6) is 0 Å². The van der Waals surface area contributed by atoms with Crippen molar-refractivity contribution >= 4 is 68.9 Å². The molecule has 448 valence electrons. The Balaban J connectivity index is 0.613. The van der Waals surface area contributed by atoms with E-state index in [1.54, 1.807) is 59.0 Å². The molecule has 0 bridgehead atoms. The zero-order valence-corrected chi connectivity index (χ0v) is 48.0. The molecule has 4 aliphatic rings. The topological polar surface area (TPSA) is 257 Å². The van der Waals surface area contributed by atoms with Crippen molar-refractivity contribution in [2.45, 2.75) is 128 Å². The van der Waals surface area contributed by atoms with Crippen LogP contribution in [0.2, 0.25) is 0 Å². The minimum Gasteiger partial charge on any atom is -0.468 e. The number of nitrogens with zero attached hydrogens (tertiary/aromatic N) is 10. The Labute approximate surface area is 483 Å². The van der Waals surface area contributed by atoms with E-state index in [-0.39, 0.29) is 80.7 Å². The summed E-state index contributed by atoms with van der Waals surface area (Å²) >= 11 is 0. The maximum Gasteiger partial charge on any atom is 0.325 e. The van der Waals surface area contributed by atoms with Gasteiger partial charge in [0.15, 0.2) is 5.69 Å². The summed E-state index contributed by atoms with van der Waals surface area (Å²) in [7, 11) is 4.46. The molecule has 0 radical (unpaired) electrons. The normalized spacial score (nSPS) is 18.5. The number of hydrogen-bond donors (Lipinski definition) is 4. The number of likely N-dealkylation sites (tertiary alicyclic amines) is 2. The molecule has 2 aliphatic carbocycles. The Hall–Kier alpha value is -8.12. The molecule has 2 atom stereocenters. The number of piperidine rings is 2. The Bertz CT molecular complexity index is 3460. The highest BCUT2D eigenvalue weighted by Gasteiger charge is 2.78. The third-order valence-corrected chi connectivity index (χ3v) is 17.7. The largest absolute Gasteiger partial charge is 0.468 e. The first kappa shape index (κ1) is 59.1. The van der Waals surface area contributed by atoms with E-state index in [1.165, 1.54) is 25.1 Å². The molecule has 6 heterocycles. The first-order valence-electron chi connectivity index (χ1n) is 29.1. The van der Waals surface area contributed by atoms with Crippen LogP contribution in [0.25, 0.3) is 32.9 Å². The fourth-order valence-electron chi connectivity index (χ4n) is 12.4. The lowest BCUT2D eigenvalue weighted by molar-refractivity contribution is -0.141. The SMILES string of the molecule is COC(=O)CNC(=O)CN(C)C(=O)Cn1nc(C2CCN(C(=O)CCC(=O)NCCCCCCCCC(=O)N3CCC(n4cc(NC(=O)c5n[nH]c6c5C[C@H]5C(F)(F)[C@@]5(C)C6)cn4)CC3)CC2)c2c(-c3cc4c(cnn4C)cc3F)cccc21. The molecule has 2 aliphatic heterocycles. The van der Waals surface area contributed by atoms with Crippen molar-refractivity contribution in [1.29, 1.82) is 0 Å². The van der Waals surface area contributed by atoms with Gasteiger partial charge >= 0.3 is 5.97 Å². The van der Waals surface area contributed by atoms with Crippen LogP contribution < -0.4 is 16.0 Å². The minimum atomic E-state index is -2.75. The first-order chi connectivity index (χ1) is 40.3. The zero-order valence-electron chi connectivity index (χ0n) is 48.0. The number of fused-ring (bicyclic) bond motifs is 4. The number of amides is 6. The van der Waals surface area contributed by atoms with E-state index < -0.39 is 46.8 Å². The van der Waals surface area contributed by atoms with Crippen LogP contribution in [0.4, 0.5) is 18.9 Å². The Morgan fingerprint density at radius 3 is 2.30 bits per heavy atom. The highest BCUT2D eigenvalue weighted by Crippen LogP contribution is 2.70. The average Bonchev–Trinajstić information content (AvgIpc) is 1.55. The number of alkyl halides is 2. The van der Waals surface area contributed by atoms with Crippen LogP contribution in [0.3, 0.4) is 0 Å². The van der Waals surface area contributed by atoms with E-state index in [9.17, 15) is 42.3 Å². The number of likely N-dealkylation sites (N-methyl/N-ethyl adjacent to an activating group) is 1. The van der Waals surface area contributed by atoms with Crippen molar-refractivity contribution in [3.8, 4) is 11.1 Å². The Kier molecular flexibility index (Phi) is 17.6. The number of benzene rings is 2. The van der Waals surface area contributed by atoms with Gasteiger partial charge in [-0.3, -0.25) is 52.7 Å². The predicted molar refractivity (Wildman–Crippen MR) is 303 cm³/mol. The highest BCUT2D eigenvalue weighted by molar-refractivity contribution is 6.04. The summed E-state index contributed by atoms with van der Waals surface area (Å²) < 4.78 is 54.4. The summed E-state index contributed by atoms with van der Waals surface area (Å²) in [6, 6.07) is 8.69. The number of esters is 1. The van der Waals surface area contributed by atoms with E-state index in [0.29, 0.717) is 102 Å². The summed E-state index contributed by atoms with van der Waals surface area (Å²) in [5.74, 6) is -6.35. The third kappa shape index (κ3) is 12.5. The Morgan fingerprint density at radius 1 is 0.833 bits per heavy atom. The number of carbonyl (C=O) groups is 7. The fraction of sp³-hybridized carbons (Fsp3) is 0.542. The van der Waals surface area contributed by atoms with Gasteiger partial charge in [-0.25, -0.2) is 13.2 Å². The van der Waals surface area contributed by atoms with Crippen LogP contribution in [-0.4, -0.2) is 162 Å². The number of aromatic nitrogens is 8. The number of methoxy groups -OCH3 is 1. The van der Waals surface area contributed by atoms with Gasteiger partial charge in [0.1, 0.15) is 18.9 Å². The number of aromatic amines is 1. The minimum absolute atomic E-state index is 0.0652. The summed E-state index contributed by atoms with van der Waals surface area (Å²) in [6.07, 6.45) is 13.8. The van der Waals surface area contributed by atoms with E-state index in [4.69, 9.17) is 5.10 Å². The smallest absolute Gasteiger partial charge is 0.325 e. The van der Waals surface area contributed by atoms with Crippen LogP contribution in [-0.2, 0) is 59.9 Å². The van der Waals surface area contributed by atoms with Crippen molar-refractivity contribution in [3.05, 3.63) is 77.4 Å². The molecule has 10 rings (SSSR count). The summed E-state index contributed by atoms with van der Waals surface area (Å²) in [6.45, 7) is 3.28. The van der Waals surface area contributed by atoms with E-state index in [1.807, 2.05) is 21.7 Å². The summed E-state index contributed by atoms with van der Waals surface area (Å²) in [5, 5.41) is 30.3. The van der Waals surface area contributed by atoms with Gasteiger partial charge in [0.2, 0.25) is 29.5 Å². The maximum atomic E-state index is 16.0. The van der Waals surface area contributed by atoms with Crippen LogP contribution in [0.15, 0.2) is 48.9 Å². The number of nitrogens with one attached hydrogen (secondary N) is 4. The average molecular weight is 1160 g/mol. The van der Waals surface area contributed by atoms with Gasteiger partial charge in [0, 0.05) is 124 Å². The lowest BCUT2D eigenvalue weighted by Crippen LogP contribution is -2.41. The van der Waals surface area contributed by atoms with Crippen molar-refractivity contribution in [1.82, 2.24) is 64.9 Å². The number of aryl methyl sites for hydroxylation is 1. The molecule has 22 nitrogen and oxygen atoms in total. The number of unbranched alkanes of at least 4 members (excludes halogenated alkanes) is 5. The number of ether oxygens (including phenoxy) is 1. The standard InChI is InChI=1S/C59H73F3N14O8/c1-58-29-44-42(28-47(58)59(58,61)62)56(69-68-44)57(83)67-38-31-66-75(33-38)39-19-24-74(25-20-39)50(79)14-9-7-5-6-8-10-21-63-48(77)15-16-51(80)73-22-17-36(18-23-73)55-54-40(41-27-46-37(26-43(41)60)30-65-72(46)3)12-11-13-45(54)76(70-55)35-52(81)71(2)34-49(78)64-32-53(82)84-4/h11-13,26-27,30-31,33,36,39,47H,5-10,14-25,28-29,32,34-35H2,1-4H3,(H,63,77)(H,64,78)(H,67,83)(H,68,69)/t47-,58+/m1/s1. The maximum absolute atomic E-state index is 16.0. The summed E-state index contributed by atoms with van der Waals surface area (Å²) in [4.78, 5) is 95.0.